The molecule has 2 aromatic rings. The predicted molar refractivity (Wildman–Crippen MR) is 97.9 cm³/mol. The largest absolute Gasteiger partial charge is 0.508 e. The summed E-state index contributed by atoms with van der Waals surface area (Å²) in [6, 6.07) is 11.4. The summed E-state index contributed by atoms with van der Waals surface area (Å²) in [7, 11) is 0. The number of nitrogens with one attached hydrogen (secondary N) is 1. The summed E-state index contributed by atoms with van der Waals surface area (Å²) in [6.07, 6.45) is 0. The van der Waals surface area contributed by atoms with E-state index in [-0.39, 0.29) is 36.6 Å². The fraction of sp³-hybridized carbons (Fsp3) is 0.312. The Morgan fingerprint density at radius 2 is 1.96 bits per heavy atom. The molecule has 0 spiro atoms. The van der Waals surface area contributed by atoms with Crippen LogP contribution in [0.4, 0.5) is 0 Å². The van der Waals surface area contributed by atoms with Gasteiger partial charge in [0.25, 0.3) is 0 Å². The van der Waals surface area contributed by atoms with E-state index in [1.54, 1.807) is 23.5 Å². The van der Waals surface area contributed by atoms with Crippen LogP contribution in [0.2, 0.25) is 0 Å². The van der Waals surface area contributed by atoms with Gasteiger partial charge >= 0.3 is 0 Å². The molecule has 1 aliphatic rings. The molecular weight excluding hydrogens is 353 g/mol. The Kier molecular flexibility index (Phi) is 7.83. The van der Waals surface area contributed by atoms with Gasteiger partial charge in [-0.2, -0.15) is 5.26 Å². The molecule has 2 N–H and O–H groups in total. The van der Waals surface area contributed by atoms with Crippen molar-refractivity contribution in [3.05, 3.63) is 51.7 Å². The number of rotatable bonds is 3. The molecule has 1 atom stereocenters. The van der Waals surface area contributed by atoms with E-state index >= 15 is 0 Å². The normalized spacial score (nSPS) is 15.8. The number of phenols is 1. The number of nitrogens with zero attached hydrogens (tertiary/aromatic N) is 2. The molecule has 3 rings (SSSR count). The minimum absolute atomic E-state index is 0. The first-order chi connectivity index (χ1) is 10.3. The van der Waals surface area contributed by atoms with Crippen molar-refractivity contribution in [1.82, 2.24) is 10.2 Å². The smallest absolute Gasteiger partial charge is 0.120 e. The lowest BCUT2D eigenvalue weighted by molar-refractivity contribution is 0.198. The van der Waals surface area contributed by atoms with Gasteiger partial charge < -0.3 is 10.4 Å². The van der Waals surface area contributed by atoms with Crippen molar-refractivity contribution < 1.29 is 5.11 Å². The van der Waals surface area contributed by atoms with E-state index in [0.717, 1.165) is 31.7 Å². The maximum atomic E-state index is 10.3. The molecule has 0 bridgehead atoms. The van der Waals surface area contributed by atoms with Crippen LogP contribution in [0.5, 0.6) is 5.75 Å². The van der Waals surface area contributed by atoms with Crippen LogP contribution in [-0.2, 0) is 0 Å². The van der Waals surface area contributed by atoms with E-state index < -0.39 is 0 Å². The van der Waals surface area contributed by atoms with Gasteiger partial charge in [-0.15, -0.1) is 36.2 Å². The van der Waals surface area contributed by atoms with Crippen molar-refractivity contribution in [1.29, 1.82) is 5.26 Å². The topological polar surface area (TPSA) is 59.3 Å². The van der Waals surface area contributed by atoms with Gasteiger partial charge in [0, 0.05) is 36.6 Å². The highest BCUT2D eigenvalue weighted by Gasteiger charge is 2.27. The van der Waals surface area contributed by atoms with Crippen LogP contribution in [0.3, 0.4) is 0 Å². The van der Waals surface area contributed by atoms with Crippen molar-refractivity contribution in [2.45, 2.75) is 6.04 Å². The third-order valence-corrected chi connectivity index (χ3v) is 4.71. The molecule has 2 heterocycles. The molecule has 0 amide bonds. The molecule has 0 saturated carbocycles. The van der Waals surface area contributed by atoms with Crippen LogP contribution in [-0.4, -0.2) is 36.2 Å². The maximum Gasteiger partial charge on any atom is 0.120 e. The minimum Gasteiger partial charge on any atom is -0.508 e. The Morgan fingerprint density at radius 1 is 1.22 bits per heavy atom. The van der Waals surface area contributed by atoms with Crippen molar-refractivity contribution in [2.24, 2.45) is 0 Å². The van der Waals surface area contributed by atoms with E-state index in [4.69, 9.17) is 5.26 Å². The number of benzene rings is 1. The SMILES string of the molecule is Cl.Cl.N#Cc1ccc(O)c([C@@H](c2cccs2)N2CCNCC2)c1. The Hall–Kier alpha value is -1.29. The molecule has 1 saturated heterocycles. The van der Waals surface area contributed by atoms with Gasteiger partial charge in [-0.1, -0.05) is 6.07 Å². The first-order valence-electron chi connectivity index (χ1n) is 7.01. The van der Waals surface area contributed by atoms with Crippen LogP contribution in [0.25, 0.3) is 0 Å². The van der Waals surface area contributed by atoms with Crippen LogP contribution in [0.1, 0.15) is 22.0 Å². The van der Waals surface area contributed by atoms with Gasteiger partial charge in [-0.05, 0) is 29.6 Å². The Bertz CT molecular complexity index is 652. The number of halogens is 2. The first-order valence-corrected chi connectivity index (χ1v) is 7.89. The zero-order valence-corrected chi connectivity index (χ0v) is 14.9. The third kappa shape index (κ3) is 4.37. The van der Waals surface area contributed by atoms with E-state index in [2.05, 4.69) is 27.7 Å². The molecule has 1 aliphatic heterocycles. The number of thiophene rings is 1. The molecule has 124 valence electrons. The Balaban J connectivity index is 0.00000132. The second kappa shape index (κ2) is 9.11. The highest BCUT2D eigenvalue weighted by Crippen LogP contribution is 2.36. The van der Waals surface area contributed by atoms with Gasteiger partial charge in [-0.25, -0.2) is 0 Å². The van der Waals surface area contributed by atoms with Crippen LogP contribution in [0, 0.1) is 11.3 Å². The number of phenolic OH excluding ortho intramolecular Hbond substituents is 1. The van der Waals surface area contributed by atoms with E-state index in [1.165, 1.54) is 4.88 Å². The average Bonchev–Trinajstić information content (AvgIpc) is 3.04. The van der Waals surface area contributed by atoms with Crippen LogP contribution < -0.4 is 5.32 Å². The van der Waals surface area contributed by atoms with E-state index in [1.807, 2.05) is 12.1 Å². The highest BCUT2D eigenvalue weighted by molar-refractivity contribution is 7.10. The molecule has 1 aromatic carbocycles. The molecule has 0 radical (unpaired) electrons. The quantitative estimate of drug-likeness (QED) is 0.869. The monoisotopic (exact) mass is 371 g/mol. The molecule has 0 unspecified atom stereocenters. The molecule has 0 aliphatic carbocycles. The second-order valence-electron chi connectivity index (χ2n) is 5.09. The predicted octanol–water partition coefficient (Wildman–Crippen LogP) is 3.16. The van der Waals surface area contributed by atoms with Crippen LogP contribution >= 0.6 is 36.2 Å². The molecule has 23 heavy (non-hydrogen) atoms. The summed E-state index contributed by atoms with van der Waals surface area (Å²) in [4.78, 5) is 3.56. The number of hydrogen-bond acceptors (Lipinski definition) is 5. The summed E-state index contributed by atoms with van der Waals surface area (Å²) in [5.74, 6) is 0.255. The van der Waals surface area contributed by atoms with Crippen molar-refractivity contribution in [3.63, 3.8) is 0 Å². The van der Waals surface area contributed by atoms with Crippen LogP contribution in [0.15, 0.2) is 35.7 Å². The third-order valence-electron chi connectivity index (χ3n) is 3.78. The van der Waals surface area contributed by atoms with Crippen molar-refractivity contribution in [3.8, 4) is 11.8 Å². The van der Waals surface area contributed by atoms with Crippen molar-refractivity contribution in [2.75, 3.05) is 26.2 Å². The summed E-state index contributed by atoms with van der Waals surface area (Å²) < 4.78 is 0. The summed E-state index contributed by atoms with van der Waals surface area (Å²) in [5, 5.41) is 24.8. The van der Waals surface area contributed by atoms with Gasteiger partial charge in [0.1, 0.15) is 5.75 Å². The first kappa shape index (κ1) is 19.8. The second-order valence-corrected chi connectivity index (χ2v) is 6.07. The van der Waals surface area contributed by atoms with Gasteiger partial charge in [0.2, 0.25) is 0 Å². The Labute approximate surface area is 152 Å². The number of aromatic hydroxyl groups is 1. The summed E-state index contributed by atoms with van der Waals surface area (Å²) in [6.45, 7) is 3.75. The van der Waals surface area contributed by atoms with Gasteiger partial charge in [0.05, 0.1) is 17.7 Å². The van der Waals surface area contributed by atoms with E-state index in [0.29, 0.717) is 5.56 Å². The molecule has 7 heteroatoms. The fourth-order valence-corrected chi connectivity index (χ4v) is 3.64. The standard InChI is InChI=1S/C16H17N3OS.2ClH/c17-11-12-3-4-14(20)13(10-12)16(15-2-1-9-21-15)19-7-5-18-6-8-19;;/h1-4,9-10,16,18,20H,5-8H2;2*1H/t16-;;/m0../s1. The zero-order valence-electron chi connectivity index (χ0n) is 12.4. The zero-order chi connectivity index (χ0) is 14.7. The van der Waals surface area contributed by atoms with Crippen molar-refractivity contribution >= 4 is 36.2 Å². The van der Waals surface area contributed by atoms with Gasteiger partial charge in [-0.3, -0.25) is 4.90 Å². The Morgan fingerprint density at radius 3 is 2.57 bits per heavy atom. The summed E-state index contributed by atoms with van der Waals surface area (Å²) in [5.41, 5.74) is 1.40. The minimum atomic E-state index is 0. The molecular formula is C16H19Cl2N3OS. The lowest BCUT2D eigenvalue weighted by Gasteiger charge is -2.35. The number of hydrogen-bond donors (Lipinski definition) is 2. The number of piperazine rings is 1. The van der Waals surface area contributed by atoms with Gasteiger partial charge in [0.15, 0.2) is 0 Å². The highest BCUT2D eigenvalue weighted by atomic mass is 35.5. The average molecular weight is 372 g/mol. The lowest BCUT2D eigenvalue weighted by atomic mass is 9.99. The molecule has 4 nitrogen and oxygen atoms in total. The molecule has 1 aromatic heterocycles. The fourth-order valence-electron chi connectivity index (χ4n) is 2.76. The maximum absolute atomic E-state index is 10.3. The lowest BCUT2D eigenvalue weighted by Crippen LogP contribution is -2.45. The summed E-state index contributed by atoms with van der Waals surface area (Å²) >= 11 is 1.69. The number of nitriles is 1. The van der Waals surface area contributed by atoms with E-state index in [9.17, 15) is 5.11 Å². The molecule has 1 fully saturated rings.